The summed E-state index contributed by atoms with van der Waals surface area (Å²) in [6.07, 6.45) is 0.926. The highest BCUT2D eigenvalue weighted by molar-refractivity contribution is 5.60. The van der Waals surface area contributed by atoms with Crippen LogP contribution in [-0.4, -0.2) is 0 Å². The number of aryl methyl sites for hydroxylation is 3. The molecule has 4 N–H and O–H groups in total. The maximum Gasteiger partial charge on any atom is 0.0376 e. The van der Waals surface area contributed by atoms with Crippen molar-refractivity contribution in [3.8, 4) is 0 Å². The summed E-state index contributed by atoms with van der Waals surface area (Å²) < 4.78 is 0. The fourth-order valence-corrected chi connectivity index (χ4v) is 2.76. The van der Waals surface area contributed by atoms with Gasteiger partial charge < -0.3 is 11.5 Å². The van der Waals surface area contributed by atoms with Gasteiger partial charge in [0.25, 0.3) is 0 Å². The van der Waals surface area contributed by atoms with Crippen LogP contribution in [0, 0.1) is 34.6 Å². The second-order valence-corrected chi connectivity index (χ2v) is 5.84. The fraction of sp³-hybridized carbons (Fsp3) is 0.333. The topological polar surface area (TPSA) is 52.0 Å². The second kappa shape index (κ2) is 5.20. The van der Waals surface area contributed by atoms with Crippen molar-refractivity contribution in [2.24, 2.45) is 0 Å². The molecule has 2 rings (SSSR count). The van der Waals surface area contributed by atoms with Gasteiger partial charge in [0.1, 0.15) is 0 Å². The highest BCUT2D eigenvalue weighted by Gasteiger charge is 2.09. The van der Waals surface area contributed by atoms with E-state index in [2.05, 4.69) is 52.8 Å². The van der Waals surface area contributed by atoms with Gasteiger partial charge in [-0.25, -0.2) is 0 Å². The summed E-state index contributed by atoms with van der Waals surface area (Å²) in [7, 11) is 0. The molecule has 0 amide bonds. The van der Waals surface area contributed by atoms with Crippen LogP contribution in [0.4, 0.5) is 11.4 Å². The molecule has 106 valence electrons. The minimum absolute atomic E-state index is 0.898. The van der Waals surface area contributed by atoms with E-state index in [0.29, 0.717) is 0 Å². The third kappa shape index (κ3) is 2.51. The zero-order valence-electron chi connectivity index (χ0n) is 13.1. The van der Waals surface area contributed by atoms with Crippen molar-refractivity contribution in [3.63, 3.8) is 0 Å². The molecule has 2 aromatic rings. The number of hydrogen-bond donors (Lipinski definition) is 2. The first-order valence-electron chi connectivity index (χ1n) is 7.02. The van der Waals surface area contributed by atoms with Crippen LogP contribution in [0.2, 0.25) is 0 Å². The Balaban J connectivity index is 2.45. The van der Waals surface area contributed by atoms with Gasteiger partial charge in [-0.15, -0.1) is 0 Å². The van der Waals surface area contributed by atoms with Crippen molar-refractivity contribution in [2.45, 2.75) is 41.0 Å². The lowest BCUT2D eigenvalue weighted by molar-refractivity contribution is 1.12. The van der Waals surface area contributed by atoms with Crippen LogP contribution < -0.4 is 11.5 Å². The van der Waals surface area contributed by atoms with Gasteiger partial charge in [0.15, 0.2) is 0 Å². The Labute approximate surface area is 121 Å². The fourth-order valence-electron chi connectivity index (χ4n) is 2.76. The van der Waals surface area contributed by atoms with Gasteiger partial charge in [-0.1, -0.05) is 18.2 Å². The lowest BCUT2D eigenvalue weighted by Gasteiger charge is -2.15. The molecule has 2 heteroatoms. The molecule has 0 heterocycles. The molecule has 0 atom stereocenters. The molecule has 0 saturated heterocycles. The largest absolute Gasteiger partial charge is 0.398 e. The second-order valence-electron chi connectivity index (χ2n) is 5.84. The van der Waals surface area contributed by atoms with Crippen molar-refractivity contribution >= 4 is 11.4 Å². The van der Waals surface area contributed by atoms with Crippen LogP contribution in [0.5, 0.6) is 0 Å². The Morgan fingerprint density at radius 1 is 0.700 bits per heavy atom. The third-order valence-corrected chi connectivity index (χ3v) is 4.31. The van der Waals surface area contributed by atoms with Gasteiger partial charge in [-0.2, -0.15) is 0 Å². The van der Waals surface area contributed by atoms with E-state index in [4.69, 9.17) is 11.5 Å². The molecular weight excluding hydrogens is 244 g/mol. The first-order chi connectivity index (χ1) is 9.31. The quantitative estimate of drug-likeness (QED) is 0.809. The normalized spacial score (nSPS) is 10.8. The maximum absolute atomic E-state index is 6.10. The number of hydrogen-bond acceptors (Lipinski definition) is 2. The number of rotatable bonds is 2. The summed E-state index contributed by atoms with van der Waals surface area (Å²) in [5.41, 5.74) is 22.5. The monoisotopic (exact) mass is 268 g/mol. The highest BCUT2D eigenvalue weighted by Crippen LogP contribution is 2.27. The Kier molecular flexibility index (Phi) is 3.76. The first-order valence-corrected chi connectivity index (χ1v) is 7.02. The van der Waals surface area contributed by atoms with E-state index < -0.39 is 0 Å². The molecule has 0 bridgehead atoms. The van der Waals surface area contributed by atoms with Crippen molar-refractivity contribution in [3.05, 3.63) is 57.1 Å². The minimum Gasteiger partial charge on any atom is -0.398 e. The van der Waals surface area contributed by atoms with Crippen LogP contribution >= 0.6 is 0 Å². The van der Waals surface area contributed by atoms with E-state index in [9.17, 15) is 0 Å². The number of benzene rings is 2. The number of nitrogen functional groups attached to an aromatic ring is 2. The zero-order chi connectivity index (χ0) is 15.0. The molecule has 2 nitrogen and oxygen atoms in total. The van der Waals surface area contributed by atoms with Crippen LogP contribution in [0.3, 0.4) is 0 Å². The molecule has 0 spiro atoms. The van der Waals surface area contributed by atoms with Crippen LogP contribution in [-0.2, 0) is 6.42 Å². The van der Waals surface area contributed by atoms with E-state index in [1.54, 1.807) is 0 Å². The molecular formula is C18H24N2. The summed E-state index contributed by atoms with van der Waals surface area (Å²) in [6, 6.07) is 6.57. The molecule has 20 heavy (non-hydrogen) atoms. The van der Waals surface area contributed by atoms with Gasteiger partial charge in [-0.3, -0.25) is 0 Å². The lowest BCUT2D eigenvalue weighted by atomic mass is 9.92. The Morgan fingerprint density at radius 2 is 1.20 bits per heavy atom. The molecule has 2 aromatic carbocycles. The number of nitrogens with two attached hydrogens (primary N) is 2. The first kappa shape index (κ1) is 14.4. The minimum atomic E-state index is 0.898. The molecule has 0 fully saturated rings. The van der Waals surface area contributed by atoms with E-state index >= 15 is 0 Å². The van der Waals surface area contributed by atoms with Crippen LogP contribution in [0.1, 0.15) is 38.9 Å². The SMILES string of the molecule is Cc1cc(Cc2cc(C)c(N)c(C)c2C)cc(C)c1N. The summed E-state index contributed by atoms with van der Waals surface area (Å²) in [4.78, 5) is 0. The van der Waals surface area contributed by atoms with Gasteiger partial charge in [0, 0.05) is 11.4 Å². The van der Waals surface area contributed by atoms with Gasteiger partial charge >= 0.3 is 0 Å². The zero-order valence-corrected chi connectivity index (χ0v) is 13.1. The Bertz CT molecular complexity index is 647. The van der Waals surface area contributed by atoms with E-state index in [0.717, 1.165) is 34.5 Å². The highest BCUT2D eigenvalue weighted by atomic mass is 14.6. The molecule has 0 aliphatic rings. The smallest absolute Gasteiger partial charge is 0.0376 e. The van der Waals surface area contributed by atoms with Crippen LogP contribution in [0.15, 0.2) is 18.2 Å². The Hall–Kier alpha value is -1.96. The van der Waals surface area contributed by atoms with E-state index in [1.807, 2.05) is 0 Å². The molecule has 0 aromatic heterocycles. The summed E-state index contributed by atoms with van der Waals surface area (Å²) in [5, 5.41) is 0. The number of anilines is 2. The maximum atomic E-state index is 6.10. The molecule has 0 radical (unpaired) electrons. The van der Waals surface area contributed by atoms with Crippen LogP contribution in [0.25, 0.3) is 0 Å². The van der Waals surface area contributed by atoms with Crippen molar-refractivity contribution < 1.29 is 0 Å². The van der Waals surface area contributed by atoms with Gasteiger partial charge in [-0.05, 0) is 80.0 Å². The summed E-state index contributed by atoms with van der Waals surface area (Å²) >= 11 is 0. The standard InChI is InChI=1S/C18H24N2/c1-10-6-15(7-11(2)17(10)19)9-16-8-12(3)18(20)14(5)13(16)4/h6-8H,9,19-20H2,1-5H3. The molecule has 0 aliphatic carbocycles. The van der Waals surface area contributed by atoms with Gasteiger partial charge in [0.2, 0.25) is 0 Å². The summed E-state index contributed by atoms with van der Waals surface area (Å²) in [6.45, 7) is 10.5. The summed E-state index contributed by atoms with van der Waals surface area (Å²) in [5.74, 6) is 0. The Morgan fingerprint density at radius 3 is 1.75 bits per heavy atom. The van der Waals surface area contributed by atoms with E-state index in [-0.39, 0.29) is 0 Å². The third-order valence-electron chi connectivity index (χ3n) is 4.31. The average Bonchev–Trinajstić information content (AvgIpc) is 2.39. The van der Waals surface area contributed by atoms with Crippen molar-refractivity contribution in [2.75, 3.05) is 11.5 Å². The molecule has 0 saturated carbocycles. The molecule has 0 aliphatic heterocycles. The molecule has 0 unspecified atom stereocenters. The van der Waals surface area contributed by atoms with Crippen molar-refractivity contribution in [1.29, 1.82) is 0 Å². The van der Waals surface area contributed by atoms with E-state index in [1.165, 1.54) is 22.3 Å². The predicted molar refractivity (Wildman–Crippen MR) is 88.2 cm³/mol. The van der Waals surface area contributed by atoms with Gasteiger partial charge in [0.05, 0.1) is 0 Å². The average molecular weight is 268 g/mol. The lowest BCUT2D eigenvalue weighted by Crippen LogP contribution is -2.02. The van der Waals surface area contributed by atoms with Crippen molar-refractivity contribution in [1.82, 2.24) is 0 Å². The predicted octanol–water partition coefficient (Wildman–Crippen LogP) is 3.98.